The number of carbonyl (C=O) groups is 2. The number of furan rings is 1. The maximum Gasteiger partial charge on any atom is 0.349 e. The molecule has 0 spiro atoms. The van der Waals surface area contributed by atoms with Gasteiger partial charge in [0.05, 0.1) is 14.2 Å². The molecule has 16 heteroatoms. The number of ether oxygens (including phenoxy) is 2. The number of ketones is 1. The van der Waals surface area contributed by atoms with Gasteiger partial charge in [0.15, 0.2) is 12.0 Å². The number of benzene rings is 3. The van der Waals surface area contributed by atoms with Crippen molar-refractivity contribution in [2.45, 2.75) is 0 Å². The Labute approximate surface area is 287 Å². The maximum atomic E-state index is 12.6. The van der Waals surface area contributed by atoms with E-state index in [4.69, 9.17) is 35.7 Å². The Kier molecular flexibility index (Phi) is 10.6. The number of allylic oxidation sites excluding steroid dienone is 1. The van der Waals surface area contributed by atoms with Crippen molar-refractivity contribution >= 4 is 61.3 Å². The van der Waals surface area contributed by atoms with Crippen LogP contribution in [0.4, 0.5) is 3.89 Å². The second kappa shape index (κ2) is 15.0. The molecule has 0 atom stereocenters. The van der Waals surface area contributed by atoms with E-state index in [9.17, 15) is 23.1 Å². The molecule has 0 fully saturated rings. The predicted molar refractivity (Wildman–Crippen MR) is 181 cm³/mol. The Morgan fingerprint density at radius 3 is 1.86 bits per heavy atom. The minimum atomic E-state index is -5.42. The van der Waals surface area contributed by atoms with E-state index in [0.29, 0.717) is 45.7 Å². The maximum absolute atomic E-state index is 12.6. The summed E-state index contributed by atoms with van der Waals surface area (Å²) in [4.78, 5) is 50.9. The van der Waals surface area contributed by atoms with Crippen LogP contribution >= 0.6 is 0 Å². The van der Waals surface area contributed by atoms with E-state index in [0.717, 1.165) is 5.39 Å². The number of hydrogen-bond donors (Lipinski definition) is 0. The minimum absolute atomic E-state index is 0.0117. The highest BCUT2D eigenvalue weighted by molar-refractivity contribution is 7.80. The molecule has 51 heavy (non-hydrogen) atoms. The Morgan fingerprint density at radius 1 is 0.784 bits per heavy atom. The lowest BCUT2D eigenvalue weighted by Gasteiger charge is -2.17. The van der Waals surface area contributed by atoms with Crippen LogP contribution in [-0.4, -0.2) is 68.3 Å². The van der Waals surface area contributed by atoms with Crippen molar-refractivity contribution in [3.05, 3.63) is 129 Å². The van der Waals surface area contributed by atoms with Crippen molar-refractivity contribution in [1.29, 1.82) is 0 Å². The lowest BCUT2D eigenvalue weighted by molar-refractivity contribution is -0.509. The van der Waals surface area contributed by atoms with Crippen molar-refractivity contribution in [2.75, 3.05) is 27.9 Å². The van der Waals surface area contributed by atoms with Crippen molar-refractivity contribution in [3.63, 3.8) is 0 Å². The van der Waals surface area contributed by atoms with Crippen LogP contribution in [0.5, 0.6) is 11.5 Å². The highest BCUT2D eigenvalue weighted by atomic mass is 32.3. The summed E-state index contributed by atoms with van der Waals surface area (Å²) in [7, 11) is -0.509. The number of methoxy groups -OCH3 is 2. The van der Waals surface area contributed by atoms with Crippen molar-refractivity contribution in [2.24, 2.45) is 0 Å². The average molecular weight is 719 g/mol. The SMILES string of the molecule is COc1ccc2cc(C(=O)N3C=CC=[N+](C)C3)c(=O)oc2c1.COc1ccc2cc(C(=O)c3cc4ccccc4o3)c(=O)oc2c1.O=S(=O)([O-])F. The number of halogens is 1. The van der Waals surface area contributed by atoms with Gasteiger partial charge >= 0.3 is 11.3 Å². The first-order chi connectivity index (χ1) is 24.2. The number of amides is 1. The lowest BCUT2D eigenvalue weighted by atomic mass is 10.1. The standard InChI is InChI=1S/C19H12O5.C16H15N2O4.FHO3S/c1-22-13-7-6-12-8-14(19(21)24-16(12)10-13)18(20)17-9-11-4-2-3-5-15(11)23-17;1-17-6-3-7-18(10-17)15(19)13-8-11-4-5-12(21-2)9-14(11)22-16(13)20;1-5(2,3)4/h2-10H,1H3;3-9H,10H2,1-2H3;(H,2,3,4)/q;+1;/p-1. The molecule has 0 saturated heterocycles. The van der Waals surface area contributed by atoms with Crippen molar-refractivity contribution < 1.29 is 53.7 Å². The fourth-order valence-corrected chi connectivity index (χ4v) is 4.88. The largest absolute Gasteiger partial charge is 0.722 e. The molecule has 6 aromatic rings. The molecule has 7 rings (SSSR count). The van der Waals surface area contributed by atoms with Gasteiger partial charge in [-0.3, -0.25) is 14.5 Å². The Hall–Kier alpha value is -6.39. The first-order valence-electron chi connectivity index (χ1n) is 14.7. The van der Waals surface area contributed by atoms with Gasteiger partial charge in [0.2, 0.25) is 12.5 Å². The molecule has 262 valence electrons. The number of rotatable bonds is 5. The van der Waals surface area contributed by atoms with Gasteiger partial charge in [0.1, 0.15) is 46.4 Å². The quantitative estimate of drug-likeness (QED) is 0.0791. The third-order valence-corrected chi connectivity index (χ3v) is 7.25. The topological polar surface area (TPSA) is 190 Å². The minimum Gasteiger partial charge on any atom is -0.722 e. The summed E-state index contributed by atoms with van der Waals surface area (Å²) >= 11 is 0. The summed E-state index contributed by atoms with van der Waals surface area (Å²) in [6, 6.07) is 22.1. The lowest BCUT2D eigenvalue weighted by Crippen LogP contribution is -2.36. The molecule has 0 N–H and O–H groups in total. The number of fused-ring (bicyclic) bond motifs is 3. The molecule has 1 aliphatic rings. The first kappa shape index (κ1) is 35.9. The molecule has 4 heterocycles. The fourth-order valence-electron chi connectivity index (χ4n) is 4.88. The normalized spacial score (nSPS) is 12.4. The summed E-state index contributed by atoms with van der Waals surface area (Å²) < 4.78 is 63.4. The highest BCUT2D eigenvalue weighted by Gasteiger charge is 2.23. The molecule has 0 bridgehead atoms. The van der Waals surface area contributed by atoms with Gasteiger partial charge in [0, 0.05) is 40.6 Å². The molecular formula is C35H27FN2O12S. The van der Waals surface area contributed by atoms with Crippen LogP contribution in [0.15, 0.2) is 114 Å². The Morgan fingerprint density at radius 2 is 1.31 bits per heavy atom. The second-order valence-corrected chi connectivity index (χ2v) is 11.5. The van der Waals surface area contributed by atoms with Gasteiger partial charge < -0.3 is 27.3 Å². The van der Waals surface area contributed by atoms with E-state index < -0.39 is 27.5 Å². The molecule has 0 aliphatic carbocycles. The summed E-state index contributed by atoms with van der Waals surface area (Å²) in [5.41, 5.74) is -0.0706. The second-order valence-electron chi connectivity index (χ2n) is 10.7. The van der Waals surface area contributed by atoms with E-state index in [1.165, 1.54) is 25.2 Å². The van der Waals surface area contributed by atoms with Gasteiger partial charge in [-0.15, -0.1) is 3.89 Å². The zero-order valence-corrected chi connectivity index (χ0v) is 27.8. The van der Waals surface area contributed by atoms with Crippen molar-refractivity contribution in [3.8, 4) is 11.5 Å². The van der Waals surface area contributed by atoms with E-state index in [-0.39, 0.29) is 22.8 Å². The molecule has 14 nitrogen and oxygen atoms in total. The molecule has 1 amide bonds. The van der Waals surface area contributed by atoms with Crippen LogP contribution in [-0.2, 0) is 10.5 Å². The van der Waals surface area contributed by atoms with Gasteiger partial charge in [-0.05, 0) is 48.5 Å². The molecule has 0 radical (unpaired) electrons. The third-order valence-electron chi connectivity index (χ3n) is 7.25. The van der Waals surface area contributed by atoms with E-state index in [1.807, 2.05) is 36.0 Å². The molecule has 0 unspecified atom stereocenters. The van der Waals surface area contributed by atoms with E-state index in [1.54, 1.807) is 66.9 Å². The Balaban J connectivity index is 0.000000175. The molecule has 0 saturated carbocycles. The predicted octanol–water partition coefficient (Wildman–Crippen LogP) is 4.64. The monoisotopic (exact) mass is 718 g/mol. The smallest absolute Gasteiger partial charge is 0.349 e. The van der Waals surface area contributed by atoms with Gasteiger partial charge in [-0.25, -0.2) is 22.6 Å². The number of carbonyl (C=O) groups excluding carboxylic acids is 2. The van der Waals surface area contributed by atoms with Gasteiger partial charge in [-0.2, -0.15) is 0 Å². The van der Waals surface area contributed by atoms with Crippen LogP contribution in [0.1, 0.15) is 26.5 Å². The summed E-state index contributed by atoms with van der Waals surface area (Å²) in [5.74, 6) is 0.379. The molecule has 1 aliphatic heterocycles. The van der Waals surface area contributed by atoms with Gasteiger partial charge in [-0.1, -0.05) is 18.2 Å². The number of nitrogens with zero attached hydrogens (tertiary/aromatic N) is 2. The van der Waals surface area contributed by atoms with Crippen LogP contribution in [0.2, 0.25) is 0 Å². The highest BCUT2D eigenvalue weighted by Crippen LogP contribution is 2.24. The molecule has 3 aromatic heterocycles. The van der Waals surface area contributed by atoms with Crippen molar-refractivity contribution in [1.82, 2.24) is 4.90 Å². The van der Waals surface area contributed by atoms with Crippen LogP contribution in [0, 0.1) is 0 Å². The molecular weight excluding hydrogens is 691 g/mol. The van der Waals surface area contributed by atoms with Crippen LogP contribution in [0.3, 0.4) is 0 Å². The van der Waals surface area contributed by atoms with E-state index >= 15 is 0 Å². The fraction of sp³-hybridized carbons (Fsp3) is 0.114. The summed E-state index contributed by atoms with van der Waals surface area (Å²) in [6.45, 7) is 0.384. The van der Waals surface area contributed by atoms with Crippen LogP contribution in [0.25, 0.3) is 32.9 Å². The molecule has 3 aromatic carbocycles. The zero-order chi connectivity index (χ0) is 36.9. The third kappa shape index (κ3) is 8.80. The Bertz CT molecular complexity index is 2540. The van der Waals surface area contributed by atoms with Crippen LogP contribution < -0.4 is 20.7 Å². The van der Waals surface area contributed by atoms with Gasteiger partial charge in [0.25, 0.3) is 16.4 Å². The number of hydrogen-bond acceptors (Lipinski definition) is 12. The summed E-state index contributed by atoms with van der Waals surface area (Å²) in [5, 5.41) is 2.11. The average Bonchev–Trinajstić information content (AvgIpc) is 3.54. The zero-order valence-electron chi connectivity index (χ0n) is 27.0. The first-order valence-corrected chi connectivity index (χ1v) is 16.0. The van der Waals surface area contributed by atoms with E-state index in [2.05, 4.69) is 0 Å². The summed E-state index contributed by atoms with van der Waals surface area (Å²) in [6.07, 6.45) is 5.23. The number of para-hydroxylation sites is 1.